The van der Waals surface area contributed by atoms with E-state index in [1.54, 1.807) is 19.1 Å². The molecule has 0 saturated heterocycles. The highest BCUT2D eigenvalue weighted by atomic mass is 32.2. The number of aryl methyl sites for hydroxylation is 1. The van der Waals surface area contributed by atoms with E-state index in [9.17, 15) is 13.2 Å². The molecular weight excluding hydrogens is 294 g/mol. The van der Waals surface area contributed by atoms with E-state index in [1.165, 1.54) is 6.07 Å². The molecule has 0 unspecified atom stereocenters. The number of amides is 1. The van der Waals surface area contributed by atoms with E-state index in [-0.39, 0.29) is 11.4 Å². The first-order valence-corrected chi connectivity index (χ1v) is 8.54. The normalized spacial score (nSPS) is 9.48. The van der Waals surface area contributed by atoms with Crippen molar-refractivity contribution in [1.29, 1.82) is 0 Å². The fourth-order valence-corrected chi connectivity index (χ4v) is 1.64. The van der Waals surface area contributed by atoms with Crippen LogP contribution in [0.1, 0.15) is 33.3 Å². The number of carbonyl (C=O) groups excluding carboxylic acids is 1. The van der Waals surface area contributed by atoms with Gasteiger partial charge in [0.25, 0.3) is 0 Å². The molecular formula is C14H25NO5S. The van der Waals surface area contributed by atoms with Gasteiger partial charge in [-0.1, -0.05) is 33.8 Å². The third-order valence-corrected chi connectivity index (χ3v) is 2.28. The van der Waals surface area contributed by atoms with Crippen LogP contribution in [0.5, 0.6) is 5.75 Å². The van der Waals surface area contributed by atoms with E-state index >= 15 is 0 Å². The molecule has 0 atom stereocenters. The maximum atomic E-state index is 11.0. The Morgan fingerprint density at radius 1 is 1.24 bits per heavy atom. The van der Waals surface area contributed by atoms with Crippen LogP contribution in [0.4, 0.5) is 5.69 Å². The Balaban J connectivity index is 0. The summed E-state index contributed by atoms with van der Waals surface area (Å²) < 4.78 is 26.7. The number of hydrogen-bond acceptors (Lipinski definition) is 5. The quantitative estimate of drug-likeness (QED) is 0.831. The summed E-state index contributed by atoms with van der Waals surface area (Å²) in [7, 11) is -3.67. The highest BCUT2D eigenvalue weighted by molar-refractivity contribution is 7.86. The average molecular weight is 319 g/mol. The Labute approximate surface area is 127 Å². The molecule has 2 N–H and O–H groups in total. The minimum atomic E-state index is -3.67. The molecule has 6 nitrogen and oxygen atoms in total. The van der Waals surface area contributed by atoms with Gasteiger partial charge in [0.2, 0.25) is 5.91 Å². The fourth-order valence-electron chi connectivity index (χ4n) is 1.17. The molecule has 0 spiro atoms. The van der Waals surface area contributed by atoms with Crippen molar-refractivity contribution in [1.82, 2.24) is 0 Å². The van der Waals surface area contributed by atoms with Crippen LogP contribution in [0.15, 0.2) is 18.2 Å². The van der Waals surface area contributed by atoms with Gasteiger partial charge in [0.1, 0.15) is 6.61 Å². The lowest BCUT2D eigenvalue weighted by Gasteiger charge is -2.11. The summed E-state index contributed by atoms with van der Waals surface area (Å²) in [5.41, 5.74) is 1.02. The van der Waals surface area contributed by atoms with Crippen LogP contribution in [-0.2, 0) is 14.9 Å². The predicted molar refractivity (Wildman–Crippen MR) is 85.1 cm³/mol. The second-order valence-electron chi connectivity index (χ2n) is 3.49. The second-order valence-corrected chi connectivity index (χ2v) is 5.07. The Kier molecular flexibility index (Phi) is 11.5. The van der Waals surface area contributed by atoms with Crippen molar-refractivity contribution in [2.24, 2.45) is 0 Å². The molecule has 0 fully saturated rings. The molecule has 0 aliphatic rings. The average Bonchev–Trinajstić information content (AvgIpc) is 2.45. The lowest BCUT2D eigenvalue weighted by Crippen LogP contribution is -2.17. The number of aliphatic hydroxyl groups is 1. The standard InChI is InChI=1S/C10H13NO5S.2C2H6/c1-7-3-4-9(16-17(2,14)15)8(5-7)11-10(13)6-12;2*1-2/h3-5,12H,6H2,1-2H3,(H,11,13);2*1-2H3. The van der Waals surface area contributed by atoms with Crippen molar-refractivity contribution >= 4 is 21.7 Å². The third kappa shape index (κ3) is 9.86. The molecule has 1 aromatic carbocycles. The van der Waals surface area contributed by atoms with Crippen LogP contribution in [0, 0.1) is 6.92 Å². The zero-order chi connectivity index (χ0) is 17.1. The molecule has 0 saturated carbocycles. The molecule has 21 heavy (non-hydrogen) atoms. The van der Waals surface area contributed by atoms with E-state index < -0.39 is 22.6 Å². The van der Waals surface area contributed by atoms with Crippen molar-refractivity contribution in [3.63, 3.8) is 0 Å². The molecule has 0 radical (unpaired) electrons. The van der Waals surface area contributed by atoms with Gasteiger partial charge in [-0.05, 0) is 24.6 Å². The van der Waals surface area contributed by atoms with E-state index in [0.29, 0.717) is 0 Å². The summed E-state index contributed by atoms with van der Waals surface area (Å²) in [6.07, 6.45) is 0.907. The molecule has 0 aliphatic heterocycles. The van der Waals surface area contributed by atoms with E-state index in [2.05, 4.69) is 5.32 Å². The largest absolute Gasteiger partial charge is 0.387 e. The third-order valence-electron chi connectivity index (χ3n) is 1.79. The number of aliphatic hydroxyl groups excluding tert-OH is 1. The molecule has 7 heteroatoms. The molecule has 1 rings (SSSR count). The van der Waals surface area contributed by atoms with Crippen molar-refractivity contribution in [2.45, 2.75) is 34.6 Å². The lowest BCUT2D eigenvalue weighted by molar-refractivity contribution is -0.118. The smallest absolute Gasteiger partial charge is 0.306 e. The Bertz CT molecular complexity index is 526. The van der Waals surface area contributed by atoms with Crippen molar-refractivity contribution in [3.05, 3.63) is 23.8 Å². The van der Waals surface area contributed by atoms with Crippen molar-refractivity contribution < 1.29 is 22.5 Å². The molecule has 0 aliphatic carbocycles. The summed E-state index contributed by atoms with van der Waals surface area (Å²) in [5, 5.41) is 11.0. The van der Waals surface area contributed by atoms with Gasteiger partial charge in [-0.3, -0.25) is 4.79 Å². The van der Waals surface area contributed by atoms with Crippen LogP contribution >= 0.6 is 0 Å². The van der Waals surface area contributed by atoms with Gasteiger partial charge in [-0.25, -0.2) is 0 Å². The van der Waals surface area contributed by atoms with Crippen molar-refractivity contribution in [3.8, 4) is 5.75 Å². The topological polar surface area (TPSA) is 92.7 Å². The number of benzene rings is 1. The minimum absolute atomic E-state index is 0.0138. The number of hydrogen-bond donors (Lipinski definition) is 2. The first-order chi connectivity index (χ1) is 9.81. The van der Waals surface area contributed by atoms with E-state index in [4.69, 9.17) is 9.29 Å². The molecule has 122 valence electrons. The molecule has 0 aromatic heterocycles. The summed E-state index contributed by atoms with van der Waals surface area (Å²) in [5.74, 6) is -0.631. The number of rotatable bonds is 4. The van der Waals surface area contributed by atoms with E-state index in [0.717, 1.165) is 11.8 Å². The highest BCUT2D eigenvalue weighted by Gasteiger charge is 2.12. The van der Waals surface area contributed by atoms with Gasteiger partial charge in [-0.2, -0.15) is 8.42 Å². The SMILES string of the molecule is CC.CC.Cc1ccc(OS(C)(=O)=O)c(NC(=O)CO)c1. The van der Waals surface area contributed by atoms with Gasteiger partial charge >= 0.3 is 10.1 Å². The van der Waals surface area contributed by atoms with Gasteiger partial charge < -0.3 is 14.6 Å². The monoisotopic (exact) mass is 319 g/mol. The predicted octanol–water partition coefficient (Wildman–Crippen LogP) is 2.32. The molecule has 0 bridgehead atoms. The van der Waals surface area contributed by atoms with Crippen LogP contribution in [0.3, 0.4) is 0 Å². The van der Waals surface area contributed by atoms with Gasteiger partial charge in [0.05, 0.1) is 11.9 Å². The minimum Gasteiger partial charge on any atom is -0.387 e. The second kappa shape index (κ2) is 11.1. The van der Waals surface area contributed by atoms with Crippen molar-refractivity contribution in [2.75, 3.05) is 18.2 Å². The maximum absolute atomic E-state index is 11.0. The summed E-state index contributed by atoms with van der Waals surface area (Å²) in [6.45, 7) is 9.09. The van der Waals surface area contributed by atoms with Gasteiger partial charge in [0.15, 0.2) is 5.75 Å². The highest BCUT2D eigenvalue weighted by Crippen LogP contribution is 2.26. The zero-order valence-corrected chi connectivity index (χ0v) is 14.2. The van der Waals surface area contributed by atoms with Crippen LogP contribution in [-0.4, -0.2) is 32.3 Å². The van der Waals surface area contributed by atoms with Crippen LogP contribution in [0.2, 0.25) is 0 Å². The van der Waals surface area contributed by atoms with Crippen LogP contribution in [0.25, 0.3) is 0 Å². The molecule has 0 heterocycles. The summed E-state index contributed by atoms with van der Waals surface area (Å²) >= 11 is 0. The molecule has 1 aromatic rings. The number of carbonyl (C=O) groups is 1. The Hall–Kier alpha value is -1.60. The van der Waals surface area contributed by atoms with Gasteiger partial charge in [-0.15, -0.1) is 0 Å². The summed E-state index contributed by atoms with van der Waals surface area (Å²) in [6, 6.07) is 4.63. The molecule has 1 amide bonds. The number of anilines is 1. The fraction of sp³-hybridized carbons (Fsp3) is 0.500. The lowest BCUT2D eigenvalue weighted by atomic mass is 10.2. The maximum Gasteiger partial charge on any atom is 0.306 e. The van der Waals surface area contributed by atoms with E-state index in [1.807, 2.05) is 27.7 Å². The Morgan fingerprint density at radius 2 is 1.76 bits per heavy atom. The summed E-state index contributed by atoms with van der Waals surface area (Å²) in [4.78, 5) is 11.0. The first kappa shape index (κ1) is 21.7. The van der Waals surface area contributed by atoms with Gasteiger partial charge in [0, 0.05) is 0 Å². The zero-order valence-electron chi connectivity index (χ0n) is 13.4. The number of nitrogens with one attached hydrogen (secondary N) is 1. The first-order valence-electron chi connectivity index (χ1n) is 6.72. The van der Waals surface area contributed by atoms with Crippen LogP contribution < -0.4 is 9.50 Å². The Morgan fingerprint density at radius 3 is 2.19 bits per heavy atom.